The second-order valence-electron chi connectivity index (χ2n) is 6.78. The van der Waals surface area contributed by atoms with Gasteiger partial charge in [0.15, 0.2) is 0 Å². The van der Waals surface area contributed by atoms with Gasteiger partial charge in [0.05, 0.1) is 29.0 Å². The fourth-order valence-electron chi connectivity index (χ4n) is 3.30. The minimum atomic E-state index is -0.0598. The van der Waals surface area contributed by atoms with Crippen molar-refractivity contribution in [1.82, 2.24) is 29.9 Å². The fraction of sp³-hybridized carbons (Fsp3) is 0.238. The Kier molecular flexibility index (Phi) is 5.53. The predicted octanol–water partition coefficient (Wildman–Crippen LogP) is 3.30. The molecule has 0 radical (unpaired) electrons. The first kappa shape index (κ1) is 19.1. The number of nitrogens with one attached hydrogen (secondary N) is 1. The van der Waals surface area contributed by atoms with Crippen LogP contribution in [0.15, 0.2) is 54.3 Å². The molecule has 4 heterocycles. The Hall–Kier alpha value is -3.26. The smallest absolute Gasteiger partial charge is 0.241 e. The molecule has 0 aliphatic heterocycles. The summed E-state index contributed by atoms with van der Waals surface area (Å²) < 4.78 is 3.67. The zero-order valence-corrected chi connectivity index (χ0v) is 17.2. The van der Waals surface area contributed by atoms with Gasteiger partial charge in [-0.2, -0.15) is 10.2 Å². The maximum absolute atomic E-state index is 12.3. The number of pyridine rings is 1. The van der Waals surface area contributed by atoms with Gasteiger partial charge in [-0.15, -0.1) is 11.3 Å². The predicted molar refractivity (Wildman–Crippen MR) is 113 cm³/mol. The van der Waals surface area contributed by atoms with Crippen LogP contribution in [-0.4, -0.2) is 37.0 Å². The third-order valence-corrected chi connectivity index (χ3v) is 5.50. The molecular weight excluding hydrogens is 384 g/mol. The van der Waals surface area contributed by atoms with Gasteiger partial charge in [0.25, 0.3) is 0 Å². The molecule has 0 atom stereocenters. The molecule has 0 aliphatic rings. The molecule has 0 aromatic carbocycles. The van der Waals surface area contributed by atoms with Crippen molar-refractivity contribution in [3.8, 4) is 21.7 Å². The van der Waals surface area contributed by atoms with Crippen molar-refractivity contribution in [1.29, 1.82) is 0 Å². The SMILES string of the molecule is Cc1cc(C)n(CC(=O)NCCn2ncc(-c3ccncc3)c2-c2cccs2)n1. The Morgan fingerprint density at radius 3 is 2.69 bits per heavy atom. The molecule has 0 saturated heterocycles. The number of rotatable bonds is 7. The van der Waals surface area contributed by atoms with Crippen LogP contribution in [0.3, 0.4) is 0 Å². The minimum absolute atomic E-state index is 0.0598. The Morgan fingerprint density at radius 1 is 1.17 bits per heavy atom. The number of nitrogens with zero attached hydrogens (tertiary/aromatic N) is 5. The lowest BCUT2D eigenvalue weighted by molar-refractivity contribution is -0.121. The Morgan fingerprint density at radius 2 is 2.00 bits per heavy atom. The van der Waals surface area contributed by atoms with E-state index in [0.29, 0.717) is 13.1 Å². The molecule has 8 heteroatoms. The normalized spacial score (nSPS) is 11.0. The second-order valence-corrected chi connectivity index (χ2v) is 7.73. The summed E-state index contributed by atoms with van der Waals surface area (Å²) in [6.07, 6.45) is 5.44. The van der Waals surface area contributed by atoms with Crippen LogP contribution < -0.4 is 5.32 Å². The molecule has 0 unspecified atom stereocenters. The summed E-state index contributed by atoms with van der Waals surface area (Å²) in [5.74, 6) is -0.0598. The average Bonchev–Trinajstić information content (AvgIpc) is 3.43. The van der Waals surface area contributed by atoms with Crippen LogP contribution in [0.2, 0.25) is 0 Å². The zero-order valence-electron chi connectivity index (χ0n) is 16.4. The Labute approximate surface area is 173 Å². The van der Waals surface area contributed by atoms with Crippen LogP contribution in [0, 0.1) is 13.8 Å². The van der Waals surface area contributed by atoms with Gasteiger partial charge < -0.3 is 5.32 Å². The van der Waals surface area contributed by atoms with Gasteiger partial charge in [-0.3, -0.25) is 19.1 Å². The van der Waals surface area contributed by atoms with Crippen LogP contribution in [0.1, 0.15) is 11.4 Å². The van der Waals surface area contributed by atoms with Crippen molar-refractivity contribution >= 4 is 17.2 Å². The first-order valence-electron chi connectivity index (χ1n) is 9.39. The molecule has 0 bridgehead atoms. The standard InChI is InChI=1S/C21H22N6OS/c1-15-12-16(2)27(25-15)14-20(28)23-9-10-26-21(19-4-3-11-29-19)18(13-24-26)17-5-7-22-8-6-17/h3-8,11-13H,9-10,14H2,1-2H3,(H,23,28). The van der Waals surface area contributed by atoms with Crippen molar-refractivity contribution in [2.24, 2.45) is 0 Å². The summed E-state index contributed by atoms with van der Waals surface area (Å²) >= 11 is 1.67. The van der Waals surface area contributed by atoms with Crippen LogP contribution in [0.25, 0.3) is 21.7 Å². The van der Waals surface area contributed by atoms with Crippen molar-refractivity contribution in [2.45, 2.75) is 26.9 Å². The lowest BCUT2D eigenvalue weighted by Crippen LogP contribution is -2.31. The van der Waals surface area contributed by atoms with E-state index in [-0.39, 0.29) is 12.5 Å². The number of hydrogen-bond acceptors (Lipinski definition) is 5. The maximum Gasteiger partial charge on any atom is 0.241 e. The number of aromatic nitrogens is 5. The van der Waals surface area contributed by atoms with E-state index in [1.54, 1.807) is 28.4 Å². The highest BCUT2D eigenvalue weighted by Gasteiger charge is 2.16. The summed E-state index contributed by atoms with van der Waals surface area (Å²) in [6.45, 7) is 5.17. The van der Waals surface area contributed by atoms with E-state index < -0.39 is 0 Å². The van der Waals surface area contributed by atoms with Gasteiger partial charge in [0.2, 0.25) is 5.91 Å². The molecule has 0 spiro atoms. The molecule has 4 aromatic rings. The Bertz CT molecular complexity index is 1100. The van der Waals surface area contributed by atoms with E-state index in [4.69, 9.17) is 0 Å². The van der Waals surface area contributed by atoms with Gasteiger partial charge in [-0.05, 0) is 49.1 Å². The third-order valence-electron chi connectivity index (χ3n) is 4.63. The molecule has 1 N–H and O–H groups in total. The van der Waals surface area contributed by atoms with Gasteiger partial charge in [0, 0.05) is 30.2 Å². The summed E-state index contributed by atoms with van der Waals surface area (Å²) in [7, 11) is 0. The number of aryl methyl sites for hydroxylation is 2. The largest absolute Gasteiger partial charge is 0.353 e. The van der Waals surface area contributed by atoms with Crippen molar-refractivity contribution in [2.75, 3.05) is 6.54 Å². The number of carbonyl (C=O) groups is 1. The van der Waals surface area contributed by atoms with E-state index in [1.165, 1.54) is 0 Å². The van der Waals surface area contributed by atoms with Crippen molar-refractivity contribution in [3.05, 3.63) is 65.7 Å². The molecule has 0 aliphatic carbocycles. The number of carbonyl (C=O) groups excluding carboxylic acids is 1. The van der Waals surface area contributed by atoms with E-state index in [1.807, 2.05) is 49.0 Å². The lowest BCUT2D eigenvalue weighted by atomic mass is 10.1. The minimum Gasteiger partial charge on any atom is -0.353 e. The molecule has 4 aromatic heterocycles. The fourth-order valence-corrected chi connectivity index (χ4v) is 4.09. The monoisotopic (exact) mass is 406 g/mol. The second kappa shape index (κ2) is 8.40. The molecule has 0 fully saturated rings. The molecule has 0 saturated carbocycles. The molecule has 29 heavy (non-hydrogen) atoms. The molecule has 1 amide bonds. The summed E-state index contributed by atoms with van der Waals surface area (Å²) in [6, 6.07) is 10.0. The molecule has 7 nitrogen and oxygen atoms in total. The first-order chi connectivity index (χ1) is 14.1. The number of amides is 1. The van der Waals surface area contributed by atoms with E-state index in [2.05, 4.69) is 31.9 Å². The lowest BCUT2D eigenvalue weighted by Gasteiger charge is -2.10. The number of thiophene rings is 1. The third kappa shape index (κ3) is 4.27. The highest BCUT2D eigenvalue weighted by molar-refractivity contribution is 7.13. The zero-order chi connectivity index (χ0) is 20.2. The van der Waals surface area contributed by atoms with Crippen LogP contribution >= 0.6 is 11.3 Å². The van der Waals surface area contributed by atoms with Gasteiger partial charge in [0.1, 0.15) is 6.54 Å². The Balaban J connectivity index is 1.47. The van der Waals surface area contributed by atoms with E-state index >= 15 is 0 Å². The van der Waals surface area contributed by atoms with Crippen LogP contribution in [-0.2, 0) is 17.9 Å². The number of hydrogen-bond donors (Lipinski definition) is 1. The maximum atomic E-state index is 12.3. The quantitative estimate of drug-likeness (QED) is 0.511. The first-order valence-corrected chi connectivity index (χ1v) is 10.3. The summed E-state index contributed by atoms with van der Waals surface area (Å²) in [4.78, 5) is 17.5. The average molecular weight is 407 g/mol. The van der Waals surface area contributed by atoms with E-state index in [9.17, 15) is 4.79 Å². The van der Waals surface area contributed by atoms with Crippen molar-refractivity contribution < 1.29 is 4.79 Å². The van der Waals surface area contributed by atoms with Crippen molar-refractivity contribution in [3.63, 3.8) is 0 Å². The summed E-state index contributed by atoms with van der Waals surface area (Å²) in [5, 5.41) is 13.9. The molecule has 148 valence electrons. The van der Waals surface area contributed by atoms with Gasteiger partial charge in [-0.1, -0.05) is 6.07 Å². The van der Waals surface area contributed by atoms with Crippen LogP contribution in [0.4, 0.5) is 0 Å². The molecular formula is C21H22N6OS. The summed E-state index contributed by atoms with van der Waals surface area (Å²) in [5.41, 5.74) is 5.08. The van der Waals surface area contributed by atoms with Gasteiger partial charge in [-0.25, -0.2) is 0 Å². The topological polar surface area (TPSA) is 77.6 Å². The van der Waals surface area contributed by atoms with Crippen LogP contribution in [0.5, 0.6) is 0 Å². The van der Waals surface area contributed by atoms with E-state index in [0.717, 1.165) is 33.1 Å². The van der Waals surface area contributed by atoms with Gasteiger partial charge >= 0.3 is 0 Å². The highest BCUT2D eigenvalue weighted by atomic mass is 32.1. The highest BCUT2D eigenvalue weighted by Crippen LogP contribution is 2.34. The molecule has 4 rings (SSSR count).